The molecule has 2 atom stereocenters. The molecule has 52 heavy (non-hydrogen) atoms. The number of para-hydroxylation sites is 4. The van der Waals surface area contributed by atoms with E-state index in [-0.39, 0.29) is 0 Å². The summed E-state index contributed by atoms with van der Waals surface area (Å²) < 4.78 is 7.49. The number of rotatable bonds is 11. The van der Waals surface area contributed by atoms with Crippen LogP contribution in [0.1, 0.15) is 52.9 Å². The summed E-state index contributed by atoms with van der Waals surface area (Å²) in [7, 11) is 0. The van der Waals surface area contributed by atoms with E-state index < -0.39 is 0 Å². The van der Waals surface area contributed by atoms with E-state index in [9.17, 15) is 0 Å². The van der Waals surface area contributed by atoms with E-state index in [1.165, 1.54) is 109 Å². The van der Waals surface area contributed by atoms with Gasteiger partial charge in [0, 0.05) is 61.3 Å². The van der Waals surface area contributed by atoms with Gasteiger partial charge in [0.15, 0.2) is 0 Å². The van der Waals surface area contributed by atoms with Gasteiger partial charge in [0.05, 0.1) is 22.1 Å². The maximum Gasteiger partial charge on any atom is 0.0541 e. The van der Waals surface area contributed by atoms with Crippen LogP contribution in [0.25, 0.3) is 76.8 Å². The minimum absolute atomic E-state index is 0.690. The molecule has 0 aliphatic rings. The van der Waals surface area contributed by atoms with Gasteiger partial charge in [0.2, 0.25) is 0 Å². The third kappa shape index (κ3) is 5.34. The standard InChI is InChI=1S/C49H47N3/c1-4-17-35(5-2)34(3)18-7-6-16-31-50-44-29-27-36(51-46-23-12-8-19-38(46)39-20-9-13-24-47(39)51)32-42(44)43-33-37(28-30-45(43)50)52-48-25-14-10-21-40(48)41-22-11-15-26-49(41)52/h4,8-15,17,19-30,32-35H,5-7,16,18,31H2,1-3H3/b17-4-. The Morgan fingerprint density at radius 3 is 1.37 bits per heavy atom. The molecule has 6 aromatic carbocycles. The van der Waals surface area contributed by atoms with Crippen molar-refractivity contribution >= 4 is 65.4 Å². The lowest BCUT2D eigenvalue weighted by Crippen LogP contribution is -2.08. The number of unbranched alkanes of at least 4 members (excludes halogenated alkanes) is 2. The number of aryl methyl sites for hydroxylation is 1. The molecule has 3 nitrogen and oxygen atoms in total. The van der Waals surface area contributed by atoms with Crippen molar-refractivity contribution in [2.24, 2.45) is 11.8 Å². The number of allylic oxidation sites excluding steroid dienone is 2. The number of fused-ring (bicyclic) bond motifs is 9. The van der Waals surface area contributed by atoms with E-state index in [4.69, 9.17) is 0 Å². The van der Waals surface area contributed by atoms with Crippen LogP contribution in [-0.4, -0.2) is 13.7 Å². The fourth-order valence-corrected chi connectivity index (χ4v) is 9.10. The van der Waals surface area contributed by atoms with Crippen molar-refractivity contribution in [2.45, 2.75) is 59.4 Å². The van der Waals surface area contributed by atoms with Gasteiger partial charge in [-0.25, -0.2) is 0 Å². The first-order chi connectivity index (χ1) is 25.7. The first kappa shape index (κ1) is 32.4. The molecule has 258 valence electrons. The maximum absolute atomic E-state index is 2.59. The Bertz CT molecular complexity index is 2470. The van der Waals surface area contributed by atoms with Gasteiger partial charge in [-0.1, -0.05) is 118 Å². The zero-order chi connectivity index (χ0) is 35.2. The number of benzene rings is 6. The van der Waals surface area contributed by atoms with Gasteiger partial charge in [-0.05, 0) is 92.3 Å². The van der Waals surface area contributed by atoms with Gasteiger partial charge >= 0.3 is 0 Å². The predicted molar refractivity (Wildman–Crippen MR) is 224 cm³/mol. The predicted octanol–water partition coefficient (Wildman–Crippen LogP) is 13.8. The summed E-state index contributed by atoms with van der Waals surface area (Å²) in [5.41, 5.74) is 9.99. The molecule has 0 saturated heterocycles. The minimum Gasteiger partial charge on any atom is -0.340 e. The van der Waals surface area contributed by atoms with Crippen LogP contribution in [0.4, 0.5) is 0 Å². The highest BCUT2D eigenvalue weighted by molar-refractivity contribution is 6.13. The summed E-state index contributed by atoms with van der Waals surface area (Å²) in [5.74, 6) is 1.42. The molecule has 0 spiro atoms. The largest absolute Gasteiger partial charge is 0.340 e. The molecule has 0 fully saturated rings. The Morgan fingerprint density at radius 2 is 0.942 bits per heavy atom. The summed E-state index contributed by atoms with van der Waals surface area (Å²) in [4.78, 5) is 0. The van der Waals surface area contributed by atoms with Crippen molar-refractivity contribution in [3.8, 4) is 11.4 Å². The van der Waals surface area contributed by atoms with Gasteiger partial charge in [0.1, 0.15) is 0 Å². The molecule has 0 bridgehead atoms. The highest BCUT2D eigenvalue weighted by atomic mass is 15.0. The molecule has 3 heteroatoms. The topological polar surface area (TPSA) is 14.8 Å². The molecular weight excluding hydrogens is 631 g/mol. The molecule has 0 N–H and O–H groups in total. The molecule has 9 rings (SSSR count). The summed E-state index contributed by atoms with van der Waals surface area (Å²) in [6, 6.07) is 49.5. The van der Waals surface area contributed by atoms with E-state index in [1.807, 2.05) is 0 Å². The average Bonchev–Trinajstić information content (AvgIpc) is 3.82. The van der Waals surface area contributed by atoms with Crippen molar-refractivity contribution < 1.29 is 0 Å². The Morgan fingerprint density at radius 1 is 0.500 bits per heavy atom. The Labute approximate surface area is 306 Å². The summed E-state index contributed by atoms with van der Waals surface area (Å²) in [6.07, 6.45) is 10.9. The van der Waals surface area contributed by atoms with Crippen LogP contribution in [0.3, 0.4) is 0 Å². The van der Waals surface area contributed by atoms with Crippen LogP contribution < -0.4 is 0 Å². The monoisotopic (exact) mass is 677 g/mol. The lowest BCUT2D eigenvalue weighted by atomic mass is 9.87. The normalized spacial score (nSPS) is 13.5. The van der Waals surface area contributed by atoms with E-state index in [0.29, 0.717) is 5.92 Å². The second kappa shape index (κ2) is 13.5. The second-order valence-corrected chi connectivity index (χ2v) is 14.7. The lowest BCUT2D eigenvalue weighted by Gasteiger charge is -2.19. The van der Waals surface area contributed by atoms with Crippen molar-refractivity contribution in [3.05, 3.63) is 146 Å². The van der Waals surface area contributed by atoms with Crippen LogP contribution >= 0.6 is 0 Å². The van der Waals surface area contributed by atoms with Gasteiger partial charge in [-0.2, -0.15) is 0 Å². The molecule has 2 unspecified atom stereocenters. The first-order valence-electron chi connectivity index (χ1n) is 19.3. The van der Waals surface area contributed by atoms with Gasteiger partial charge < -0.3 is 13.7 Å². The quantitative estimate of drug-likeness (QED) is 0.0956. The first-order valence-corrected chi connectivity index (χ1v) is 19.3. The van der Waals surface area contributed by atoms with E-state index in [2.05, 4.69) is 180 Å². The smallest absolute Gasteiger partial charge is 0.0541 e. The molecule has 0 aliphatic carbocycles. The molecule has 3 aromatic heterocycles. The molecule has 0 amide bonds. The zero-order valence-electron chi connectivity index (χ0n) is 30.6. The molecule has 0 aliphatic heterocycles. The average molecular weight is 678 g/mol. The third-order valence-corrected chi connectivity index (χ3v) is 11.7. The highest BCUT2D eigenvalue weighted by Gasteiger charge is 2.18. The van der Waals surface area contributed by atoms with Crippen LogP contribution in [0.15, 0.2) is 146 Å². The second-order valence-electron chi connectivity index (χ2n) is 14.7. The Balaban J connectivity index is 1.17. The van der Waals surface area contributed by atoms with Gasteiger partial charge in [-0.15, -0.1) is 0 Å². The van der Waals surface area contributed by atoms with Gasteiger partial charge in [-0.3, -0.25) is 0 Å². The molecule has 3 heterocycles. The summed E-state index contributed by atoms with van der Waals surface area (Å²) >= 11 is 0. The fraction of sp³-hybridized carbons (Fsp3) is 0.224. The fourth-order valence-electron chi connectivity index (χ4n) is 9.10. The summed E-state index contributed by atoms with van der Waals surface area (Å²) in [5, 5.41) is 7.78. The van der Waals surface area contributed by atoms with E-state index >= 15 is 0 Å². The van der Waals surface area contributed by atoms with Crippen LogP contribution in [0, 0.1) is 11.8 Å². The van der Waals surface area contributed by atoms with Crippen LogP contribution in [0.5, 0.6) is 0 Å². The van der Waals surface area contributed by atoms with Crippen LogP contribution in [0.2, 0.25) is 0 Å². The molecule has 0 radical (unpaired) electrons. The SMILES string of the molecule is C/C=C\C(CC)C(C)CCCCCn1c2ccc(-n3c4ccccc4c4ccccc43)cc2c2cc(-n3c4ccccc4c4ccccc43)ccc21. The van der Waals surface area contributed by atoms with Crippen molar-refractivity contribution in [2.75, 3.05) is 0 Å². The third-order valence-electron chi connectivity index (χ3n) is 11.7. The zero-order valence-corrected chi connectivity index (χ0v) is 30.6. The molecule has 9 aromatic rings. The van der Waals surface area contributed by atoms with Gasteiger partial charge in [0.25, 0.3) is 0 Å². The van der Waals surface area contributed by atoms with Crippen molar-refractivity contribution in [1.29, 1.82) is 0 Å². The molecular formula is C49H47N3. The number of aromatic nitrogens is 3. The number of hydrogen-bond donors (Lipinski definition) is 0. The minimum atomic E-state index is 0.690. The maximum atomic E-state index is 2.59. The van der Waals surface area contributed by atoms with Crippen molar-refractivity contribution in [1.82, 2.24) is 13.7 Å². The van der Waals surface area contributed by atoms with Crippen LogP contribution in [-0.2, 0) is 6.54 Å². The number of hydrogen-bond acceptors (Lipinski definition) is 0. The molecule has 0 saturated carbocycles. The highest BCUT2D eigenvalue weighted by Crippen LogP contribution is 2.38. The Kier molecular flexibility index (Phi) is 8.43. The summed E-state index contributed by atoms with van der Waals surface area (Å²) in [6.45, 7) is 7.93. The van der Waals surface area contributed by atoms with E-state index in [0.717, 1.165) is 12.5 Å². The lowest BCUT2D eigenvalue weighted by molar-refractivity contribution is 0.374. The van der Waals surface area contributed by atoms with Crippen molar-refractivity contribution in [3.63, 3.8) is 0 Å². The van der Waals surface area contributed by atoms with E-state index in [1.54, 1.807) is 0 Å². The number of nitrogens with zero attached hydrogens (tertiary/aromatic N) is 3. The Hall–Kier alpha value is -5.54.